The predicted octanol–water partition coefficient (Wildman–Crippen LogP) is 1.33. The summed E-state index contributed by atoms with van der Waals surface area (Å²) in [6.45, 7) is 4.97. The molecule has 1 aromatic heterocycles. The largest absolute Gasteiger partial charge is 0.368 e. The number of pyridine rings is 1. The fraction of sp³-hybridized carbons (Fsp3) is 0.583. The lowest BCUT2D eigenvalue weighted by molar-refractivity contribution is 0.473. The van der Waals surface area contributed by atoms with E-state index < -0.39 is 0 Å². The molecule has 2 saturated heterocycles. The van der Waals surface area contributed by atoms with Crippen LogP contribution in [-0.2, 0) is 0 Å². The van der Waals surface area contributed by atoms with Crippen molar-refractivity contribution in [1.29, 1.82) is 0 Å². The predicted molar refractivity (Wildman–Crippen MR) is 61.0 cm³/mol. The fourth-order valence-corrected chi connectivity index (χ4v) is 2.76. The van der Waals surface area contributed by atoms with E-state index in [2.05, 4.69) is 15.2 Å². The first-order chi connectivity index (χ1) is 7.72. The summed E-state index contributed by atoms with van der Waals surface area (Å²) in [6.07, 6.45) is 2.93. The van der Waals surface area contributed by atoms with Gasteiger partial charge >= 0.3 is 0 Å². The Labute approximate surface area is 94.7 Å². The number of hydrogen-bond donors (Lipinski definition) is 1. The molecule has 2 fully saturated rings. The van der Waals surface area contributed by atoms with Gasteiger partial charge in [0.1, 0.15) is 0 Å². The van der Waals surface area contributed by atoms with Crippen LogP contribution in [0.2, 0.25) is 0 Å². The first-order valence-corrected chi connectivity index (χ1v) is 5.83. The summed E-state index contributed by atoms with van der Waals surface area (Å²) >= 11 is 0. The number of halogens is 1. The Bertz CT molecular complexity index is 395. The van der Waals surface area contributed by atoms with Crippen molar-refractivity contribution in [3.63, 3.8) is 0 Å². The van der Waals surface area contributed by atoms with Crippen LogP contribution in [0.5, 0.6) is 0 Å². The minimum atomic E-state index is -0.359. The van der Waals surface area contributed by atoms with Gasteiger partial charge < -0.3 is 10.2 Å². The van der Waals surface area contributed by atoms with Crippen molar-refractivity contribution in [3.05, 3.63) is 23.8 Å². The number of aryl methyl sites for hydroxylation is 1. The van der Waals surface area contributed by atoms with Gasteiger partial charge in [-0.05, 0) is 25.3 Å². The van der Waals surface area contributed by atoms with Gasteiger partial charge in [-0.1, -0.05) is 0 Å². The molecule has 0 spiro atoms. The van der Waals surface area contributed by atoms with Crippen molar-refractivity contribution < 1.29 is 4.39 Å². The third-order valence-electron chi connectivity index (χ3n) is 3.60. The van der Waals surface area contributed by atoms with E-state index in [0.29, 0.717) is 11.6 Å². The van der Waals surface area contributed by atoms with Crippen molar-refractivity contribution in [2.45, 2.75) is 19.4 Å². The molecule has 0 radical (unpaired) electrons. The number of rotatable bonds is 1. The Hall–Kier alpha value is -1.16. The Morgan fingerprint density at radius 3 is 3.12 bits per heavy atom. The minimum Gasteiger partial charge on any atom is -0.368 e. The highest BCUT2D eigenvalue weighted by Gasteiger charge is 2.32. The number of nitrogens with one attached hydrogen (secondary N) is 1. The van der Waals surface area contributed by atoms with Crippen LogP contribution in [0, 0.1) is 18.8 Å². The molecular formula is C12H16FN3. The van der Waals surface area contributed by atoms with Crippen LogP contribution in [0.4, 0.5) is 10.1 Å². The summed E-state index contributed by atoms with van der Waals surface area (Å²) in [6, 6.07) is 2.50. The van der Waals surface area contributed by atoms with Crippen LogP contribution in [0.3, 0.4) is 0 Å². The number of aromatic nitrogens is 1. The molecule has 0 saturated carbocycles. The summed E-state index contributed by atoms with van der Waals surface area (Å²) in [4.78, 5) is 6.11. The van der Waals surface area contributed by atoms with E-state index in [-0.39, 0.29) is 5.95 Å². The third-order valence-corrected chi connectivity index (χ3v) is 3.60. The summed E-state index contributed by atoms with van der Waals surface area (Å²) in [5, 5.41) is 3.51. The van der Waals surface area contributed by atoms with E-state index >= 15 is 0 Å². The van der Waals surface area contributed by atoms with Gasteiger partial charge in [0.05, 0.1) is 11.9 Å². The third kappa shape index (κ3) is 1.67. The van der Waals surface area contributed by atoms with Crippen molar-refractivity contribution >= 4 is 5.69 Å². The van der Waals surface area contributed by atoms with Crippen LogP contribution >= 0.6 is 0 Å². The Morgan fingerprint density at radius 2 is 2.38 bits per heavy atom. The van der Waals surface area contributed by atoms with Crippen molar-refractivity contribution in [2.75, 3.05) is 24.5 Å². The van der Waals surface area contributed by atoms with Crippen molar-refractivity contribution in [1.82, 2.24) is 10.3 Å². The SMILES string of the molecule is Cc1cc(N2C[C@@H]3CN[C@@H](C3)C2)cnc1F. The summed E-state index contributed by atoms with van der Waals surface area (Å²) < 4.78 is 13.1. The molecular weight excluding hydrogens is 205 g/mol. The molecule has 2 aliphatic rings. The molecule has 1 N–H and O–H groups in total. The van der Waals surface area contributed by atoms with Gasteiger partial charge in [0.25, 0.3) is 0 Å². The van der Waals surface area contributed by atoms with Crippen molar-refractivity contribution in [3.8, 4) is 0 Å². The first-order valence-electron chi connectivity index (χ1n) is 5.83. The smallest absolute Gasteiger partial charge is 0.215 e. The minimum absolute atomic E-state index is 0.359. The molecule has 3 nitrogen and oxygen atoms in total. The molecule has 0 aromatic carbocycles. The molecule has 0 unspecified atom stereocenters. The standard InChI is InChI=1S/C12H16FN3/c1-8-2-11(5-15-12(8)13)16-6-9-3-10(7-16)14-4-9/h2,5,9-10,14H,3-4,6-7H2,1H3/t9-,10-/m0/s1. The maximum Gasteiger partial charge on any atom is 0.215 e. The zero-order chi connectivity index (χ0) is 11.1. The van der Waals surface area contributed by atoms with Gasteiger partial charge in [0, 0.05) is 31.2 Å². The second-order valence-electron chi connectivity index (χ2n) is 4.91. The van der Waals surface area contributed by atoms with Gasteiger partial charge in [-0.25, -0.2) is 4.98 Å². The summed E-state index contributed by atoms with van der Waals surface area (Å²) in [7, 11) is 0. The molecule has 16 heavy (non-hydrogen) atoms. The molecule has 0 amide bonds. The molecule has 2 aliphatic heterocycles. The molecule has 2 bridgehead atoms. The molecule has 1 aromatic rings. The van der Waals surface area contributed by atoms with Crippen LogP contribution in [0.1, 0.15) is 12.0 Å². The average Bonchev–Trinajstić information content (AvgIpc) is 2.62. The monoisotopic (exact) mass is 221 g/mol. The van der Waals surface area contributed by atoms with Crippen LogP contribution in [0.15, 0.2) is 12.3 Å². The molecule has 3 heterocycles. The van der Waals surface area contributed by atoms with E-state index in [9.17, 15) is 4.39 Å². The number of piperidine rings is 1. The molecule has 2 atom stereocenters. The lowest BCUT2D eigenvalue weighted by Gasteiger charge is -2.32. The quantitative estimate of drug-likeness (QED) is 0.725. The maximum atomic E-state index is 13.1. The van der Waals surface area contributed by atoms with Gasteiger partial charge in [0.15, 0.2) is 0 Å². The number of nitrogens with zero attached hydrogens (tertiary/aromatic N) is 2. The normalized spacial score (nSPS) is 28.5. The highest BCUT2D eigenvalue weighted by Crippen LogP contribution is 2.27. The van der Waals surface area contributed by atoms with Gasteiger partial charge in [-0.3, -0.25) is 0 Å². The molecule has 86 valence electrons. The van der Waals surface area contributed by atoms with Crippen LogP contribution in [-0.4, -0.2) is 30.7 Å². The topological polar surface area (TPSA) is 28.2 Å². The summed E-state index contributed by atoms with van der Waals surface area (Å²) in [5.41, 5.74) is 1.68. The van der Waals surface area contributed by atoms with E-state index in [1.807, 2.05) is 6.07 Å². The molecule has 0 aliphatic carbocycles. The van der Waals surface area contributed by atoms with E-state index in [1.165, 1.54) is 6.42 Å². The maximum absolute atomic E-state index is 13.1. The van der Waals surface area contributed by atoms with Crippen LogP contribution < -0.4 is 10.2 Å². The number of hydrogen-bond acceptors (Lipinski definition) is 3. The Morgan fingerprint density at radius 1 is 1.50 bits per heavy atom. The van der Waals surface area contributed by atoms with Gasteiger partial charge in [-0.15, -0.1) is 0 Å². The van der Waals surface area contributed by atoms with Crippen LogP contribution in [0.25, 0.3) is 0 Å². The second kappa shape index (κ2) is 3.70. The molecule has 3 rings (SSSR count). The highest BCUT2D eigenvalue weighted by atomic mass is 19.1. The second-order valence-corrected chi connectivity index (χ2v) is 4.91. The average molecular weight is 221 g/mol. The lowest BCUT2D eigenvalue weighted by atomic mass is 9.99. The molecule has 4 heteroatoms. The fourth-order valence-electron chi connectivity index (χ4n) is 2.76. The Balaban J connectivity index is 1.84. The zero-order valence-corrected chi connectivity index (χ0v) is 9.41. The van der Waals surface area contributed by atoms with Crippen molar-refractivity contribution in [2.24, 2.45) is 5.92 Å². The van der Waals surface area contributed by atoms with Gasteiger partial charge in [0.2, 0.25) is 5.95 Å². The van der Waals surface area contributed by atoms with E-state index in [4.69, 9.17) is 0 Å². The number of fused-ring (bicyclic) bond motifs is 2. The highest BCUT2D eigenvalue weighted by molar-refractivity contribution is 5.47. The summed E-state index contributed by atoms with van der Waals surface area (Å²) in [5.74, 6) is 0.381. The zero-order valence-electron chi connectivity index (χ0n) is 9.41. The Kier molecular flexibility index (Phi) is 2.32. The lowest BCUT2D eigenvalue weighted by Crippen LogP contribution is -2.41. The first kappa shape index (κ1) is 10.0. The van der Waals surface area contributed by atoms with Gasteiger partial charge in [-0.2, -0.15) is 4.39 Å². The van der Waals surface area contributed by atoms with E-state index in [1.54, 1.807) is 13.1 Å². The number of anilines is 1. The van der Waals surface area contributed by atoms with E-state index in [0.717, 1.165) is 31.2 Å².